The van der Waals surface area contributed by atoms with Crippen LogP contribution in [0.1, 0.15) is 24.7 Å². The molecular weight excluding hydrogens is 216 g/mol. The second-order valence-corrected chi connectivity index (χ2v) is 4.45. The van der Waals surface area contributed by atoms with Crippen molar-refractivity contribution in [1.82, 2.24) is 9.97 Å². The molecule has 0 radical (unpaired) electrons. The lowest BCUT2D eigenvalue weighted by atomic mass is 10.2. The lowest BCUT2D eigenvalue weighted by Crippen LogP contribution is -2.43. The van der Waals surface area contributed by atoms with E-state index in [1.807, 2.05) is 13.8 Å². The van der Waals surface area contributed by atoms with Gasteiger partial charge in [-0.15, -0.1) is 0 Å². The van der Waals surface area contributed by atoms with Crippen LogP contribution < -0.4 is 10.6 Å². The second kappa shape index (κ2) is 4.87. The van der Waals surface area contributed by atoms with Gasteiger partial charge in [-0.2, -0.15) is 0 Å². The van der Waals surface area contributed by atoms with Crippen molar-refractivity contribution in [1.29, 1.82) is 0 Å². The number of nitrogen functional groups attached to an aromatic ring is 1. The van der Waals surface area contributed by atoms with Crippen molar-refractivity contribution in [3.63, 3.8) is 0 Å². The molecule has 0 amide bonds. The Kier molecular flexibility index (Phi) is 3.47. The summed E-state index contributed by atoms with van der Waals surface area (Å²) in [6.07, 6.45) is 1.31. The summed E-state index contributed by atoms with van der Waals surface area (Å²) in [7, 11) is 0. The maximum atomic E-state index is 5.89. The lowest BCUT2D eigenvalue weighted by Gasteiger charge is -2.34. The summed E-state index contributed by atoms with van der Waals surface area (Å²) in [6.45, 7) is 8.49. The highest BCUT2D eigenvalue weighted by Crippen LogP contribution is 2.23. The molecule has 0 saturated carbocycles. The van der Waals surface area contributed by atoms with Crippen LogP contribution >= 0.6 is 0 Å². The summed E-state index contributed by atoms with van der Waals surface area (Å²) >= 11 is 0. The van der Waals surface area contributed by atoms with Gasteiger partial charge in [0.1, 0.15) is 17.5 Å². The highest BCUT2D eigenvalue weighted by Gasteiger charge is 2.22. The van der Waals surface area contributed by atoms with Crippen LogP contribution in [-0.2, 0) is 4.74 Å². The minimum Gasteiger partial charge on any atom is -0.383 e. The molecule has 1 fully saturated rings. The van der Waals surface area contributed by atoms with Gasteiger partial charge in [0, 0.05) is 18.7 Å². The molecule has 17 heavy (non-hydrogen) atoms. The molecule has 1 aromatic rings. The Hall–Kier alpha value is -1.36. The summed E-state index contributed by atoms with van der Waals surface area (Å²) in [5.41, 5.74) is 6.85. The minimum absolute atomic E-state index is 0.291. The quantitative estimate of drug-likeness (QED) is 0.838. The molecule has 2 heterocycles. The Balaban J connectivity index is 2.27. The van der Waals surface area contributed by atoms with Crippen molar-refractivity contribution in [2.45, 2.75) is 33.3 Å². The number of anilines is 2. The SMILES string of the molecule is CCC1CN(c2nc(C)nc(N)c2C)CCO1. The van der Waals surface area contributed by atoms with Crippen LogP contribution in [0.4, 0.5) is 11.6 Å². The molecule has 5 nitrogen and oxygen atoms in total. The van der Waals surface area contributed by atoms with Crippen LogP contribution in [0.15, 0.2) is 0 Å². The monoisotopic (exact) mass is 236 g/mol. The maximum Gasteiger partial charge on any atom is 0.137 e. The number of aryl methyl sites for hydroxylation is 1. The summed E-state index contributed by atoms with van der Waals surface area (Å²) < 4.78 is 5.66. The fraction of sp³-hybridized carbons (Fsp3) is 0.667. The van der Waals surface area contributed by atoms with E-state index in [-0.39, 0.29) is 0 Å². The second-order valence-electron chi connectivity index (χ2n) is 4.45. The third-order valence-electron chi connectivity index (χ3n) is 3.16. The van der Waals surface area contributed by atoms with Gasteiger partial charge >= 0.3 is 0 Å². The molecule has 1 aromatic heterocycles. The lowest BCUT2D eigenvalue weighted by molar-refractivity contribution is 0.0381. The first-order chi connectivity index (χ1) is 8.11. The molecule has 1 saturated heterocycles. The van der Waals surface area contributed by atoms with E-state index in [9.17, 15) is 0 Å². The van der Waals surface area contributed by atoms with Gasteiger partial charge in [0.2, 0.25) is 0 Å². The van der Waals surface area contributed by atoms with Gasteiger partial charge in [-0.05, 0) is 20.3 Å². The van der Waals surface area contributed by atoms with Gasteiger partial charge in [0.05, 0.1) is 12.7 Å². The highest BCUT2D eigenvalue weighted by atomic mass is 16.5. The Morgan fingerprint density at radius 1 is 1.41 bits per heavy atom. The molecule has 0 aromatic carbocycles. The van der Waals surface area contributed by atoms with Gasteiger partial charge in [0.25, 0.3) is 0 Å². The third-order valence-corrected chi connectivity index (χ3v) is 3.16. The van der Waals surface area contributed by atoms with Crippen molar-refractivity contribution in [3.05, 3.63) is 11.4 Å². The topological polar surface area (TPSA) is 64.3 Å². The normalized spacial score (nSPS) is 20.6. The Labute approximate surface area is 102 Å². The number of morpholine rings is 1. The van der Waals surface area contributed by atoms with Crippen LogP contribution in [-0.4, -0.2) is 35.8 Å². The van der Waals surface area contributed by atoms with Crippen LogP contribution in [0.3, 0.4) is 0 Å². The van der Waals surface area contributed by atoms with Crippen molar-refractivity contribution in [2.75, 3.05) is 30.3 Å². The molecule has 0 bridgehead atoms. The van der Waals surface area contributed by atoms with Crippen molar-refractivity contribution in [2.24, 2.45) is 0 Å². The number of rotatable bonds is 2. The average molecular weight is 236 g/mol. The smallest absolute Gasteiger partial charge is 0.137 e. The first kappa shape index (κ1) is 12.1. The van der Waals surface area contributed by atoms with Crippen LogP contribution in [0, 0.1) is 13.8 Å². The average Bonchev–Trinajstić information content (AvgIpc) is 2.34. The molecule has 1 unspecified atom stereocenters. The molecule has 1 atom stereocenters. The van der Waals surface area contributed by atoms with Gasteiger partial charge in [-0.25, -0.2) is 9.97 Å². The van der Waals surface area contributed by atoms with E-state index in [0.29, 0.717) is 11.9 Å². The van der Waals surface area contributed by atoms with Gasteiger partial charge in [0.15, 0.2) is 0 Å². The molecule has 1 aliphatic rings. The number of nitrogens with zero attached hydrogens (tertiary/aromatic N) is 3. The summed E-state index contributed by atoms with van der Waals surface area (Å²) in [5.74, 6) is 2.26. The van der Waals surface area contributed by atoms with E-state index in [2.05, 4.69) is 21.8 Å². The number of hydrogen-bond acceptors (Lipinski definition) is 5. The first-order valence-corrected chi connectivity index (χ1v) is 6.09. The predicted octanol–water partition coefficient (Wildman–Crippen LogP) is 1.29. The highest BCUT2D eigenvalue weighted by molar-refractivity contribution is 5.56. The van der Waals surface area contributed by atoms with Crippen LogP contribution in [0.2, 0.25) is 0 Å². The van der Waals surface area contributed by atoms with E-state index in [1.54, 1.807) is 0 Å². The van der Waals surface area contributed by atoms with E-state index >= 15 is 0 Å². The van der Waals surface area contributed by atoms with Crippen molar-refractivity contribution < 1.29 is 4.74 Å². The minimum atomic E-state index is 0.291. The van der Waals surface area contributed by atoms with E-state index in [0.717, 1.165) is 43.3 Å². The Bertz CT molecular complexity index is 408. The first-order valence-electron chi connectivity index (χ1n) is 6.09. The van der Waals surface area contributed by atoms with E-state index < -0.39 is 0 Å². The number of hydrogen-bond donors (Lipinski definition) is 1. The van der Waals surface area contributed by atoms with Crippen LogP contribution in [0.25, 0.3) is 0 Å². The zero-order chi connectivity index (χ0) is 12.4. The molecule has 2 N–H and O–H groups in total. The van der Waals surface area contributed by atoms with Crippen molar-refractivity contribution in [3.8, 4) is 0 Å². The van der Waals surface area contributed by atoms with E-state index in [4.69, 9.17) is 10.5 Å². The number of nitrogens with two attached hydrogens (primary N) is 1. The molecular formula is C12H20N4O. The fourth-order valence-electron chi connectivity index (χ4n) is 2.10. The zero-order valence-electron chi connectivity index (χ0n) is 10.7. The summed E-state index contributed by atoms with van der Waals surface area (Å²) in [6, 6.07) is 0. The van der Waals surface area contributed by atoms with Gasteiger partial charge < -0.3 is 15.4 Å². The number of aromatic nitrogens is 2. The van der Waals surface area contributed by atoms with Crippen molar-refractivity contribution >= 4 is 11.6 Å². The molecule has 94 valence electrons. The summed E-state index contributed by atoms with van der Waals surface area (Å²) in [4.78, 5) is 10.9. The van der Waals surface area contributed by atoms with Crippen LogP contribution in [0.5, 0.6) is 0 Å². The van der Waals surface area contributed by atoms with Gasteiger partial charge in [-0.3, -0.25) is 0 Å². The fourth-order valence-corrected chi connectivity index (χ4v) is 2.10. The summed E-state index contributed by atoms with van der Waals surface area (Å²) in [5, 5.41) is 0. The molecule has 0 aliphatic carbocycles. The molecule has 5 heteroatoms. The van der Waals surface area contributed by atoms with Gasteiger partial charge in [-0.1, -0.05) is 6.92 Å². The van der Waals surface area contributed by atoms with E-state index in [1.165, 1.54) is 0 Å². The predicted molar refractivity (Wildman–Crippen MR) is 68.2 cm³/mol. The Morgan fingerprint density at radius 2 is 2.18 bits per heavy atom. The molecule has 0 spiro atoms. The molecule has 1 aliphatic heterocycles. The third kappa shape index (κ3) is 2.49. The Morgan fingerprint density at radius 3 is 2.88 bits per heavy atom. The zero-order valence-corrected chi connectivity index (χ0v) is 10.7. The number of ether oxygens (including phenoxy) is 1. The molecule has 2 rings (SSSR count). The standard InChI is InChI=1S/C12H20N4O/c1-4-10-7-16(5-6-17-10)12-8(2)11(13)14-9(3)15-12/h10H,4-7H2,1-3H3,(H2,13,14,15). The maximum absolute atomic E-state index is 5.89. The largest absolute Gasteiger partial charge is 0.383 e.